The number of para-hydroxylation sites is 1. The number of hydrogen-bond acceptors (Lipinski definition) is 7. The Morgan fingerprint density at radius 1 is 1.05 bits per heavy atom. The first-order chi connectivity index (χ1) is 20.3. The van der Waals surface area contributed by atoms with Gasteiger partial charge in [0.2, 0.25) is 0 Å². The van der Waals surface area contributed by atoms with Crippen LogP contribution in [0.25, 0.3) is 0 Å². The van der Waals surface area contributed by atoms with Crippen molar-refractivity contribution >= 4 is 33.7 Å². The van der Waals surface area contributed by atoms with Crippen molar-refractivity contribution in [2.75, 3.05) is 30.6 Å². The quantitative estimate of drug-likeness (QED) is 0.231. The highest BCUT2D eigenvalue weighted by Gasteiger charge is 2.28. The highest BCUT2D eigenvalue weighted by Crippen LogP contribution is 2.27. The lowest BCUT2D eigenvalue weighted by Gasteiger charge is -2.25. The number of ether oxygens (including phenoxy) is 2. The molecule has 0 aromatic heterocycles. The number of nitrogens with zero attached hydrogens (tertiary/aromatic N) is 2. The van der Waals surface area contributed by atoms with Gasteiger partial charge in [0.15, 0.2) is 6.61 Å². The Kier molecular flexibility index (Phi) is 10.7. The first-order valence-corrected chi connectivity index (χ1v) is 15.3. The summed E-state index contributed by atoms with van der Waals surface area (Å²) in [6.45, 7) is 4.45. The van der Waals surface area contributed by atoms with Gasteiger partial charge in [-0.05, 0) is 79.8 Å². The smallest absolute Gasteiger partial charge is 0.264 e. The van der Waals surface area contributed by atoms with Crippen LogP contribution in [-0.4, -0.2) is 58.9 Å². The molecule has 42 heavy (non-hydrogen) atoms. The van der Waals surface area contributed by atoms with Gasteiger partial charge in [-0.2, -0.15) is 5.10 Å². The molecule has 2 N–H and O–H groups in total. The Balaban J connectivity index is 1.35. The maximum atomic E-state index is 13.6. The number of aryl methyl sites for hydroxylation is 2. The van der Waals surface area contributed by atoms with Crippen molar-refractivity contribution in [2.45, 2.75) is 44.1 Å². The third kappa shape index (κ3) is 8.40. The minimum Gasteiger partial charge on any atom is -0.484 e. The summed E-state index contributed by atoms with van der Waals surface area (Å²) in [7, 11) is -4.03. The lowest BCUT2D eigenvalue weighted by molar-refractivity contribution is -0.123. The van der Waals surface area contributed by atoms with Crippen molar-refractivity contribution < 1.29 is 27.5 Å². The number of rotatable bonds is 13. The van der Waals surface area contributed by atoms with Crippen molar-refractivity contribution in [3.8, 4) is 5.75 Å². The molecule has 0 radical (unpaired) electrons. The molecule has 0 spiro atoms. The van der Waals surface area contributed by atoms with E-state index >= 15 is 0 Å². The van der Waals surface area contributed by atoms with Gasteiger partial charge in [0.25, 0.3) is 21.8 Å². The van der Waals surface area contributed by atoms with Gasteiger partial charge in [-0.15, -0.1) is 0 Å². The van der Waals surface area contributed by atoms with Gasteiger partial charge in [-0.25, -0.2) is 13.8 Å². The predicted molar refractivity (Wildman–Crippen MR) is 161 cm³/mol. The van der Waals surface area contributed by atoms with Gasteiger partial charge < -0.3 is 14.8 Å². The summed E-state index contributed by atoms with van der Waals surface area (Å²) in [6, 6.07) is 20.4. The van der Waals surface area contributed by atoms with Gasteiger partial charge in [-0.3, -0.25) is 13.9 Å². The van der Waals surface area contributed by atoms with Crippen LogP contribution in [0.2, 0.25) is 0 Å². The van der Waals surface area contributed by atoms with E-state index in [0.717, 1.165) is 34.9 Å². The Hall–Kier alpha value is -4.22. The highest BCUT2D eigenvalue weighted by atomic mass is 32.2. The van der Waals surface area contributed by atoms with Crippen LogP contribution in [0.1, 0.15) is 36.5 Å². The van der Waals surface area contributed by atoms with Crippen LogP contribution < -0.4 is 19.8 Å². The van der Waals surface area contributed by atoms with Crippen molar-refractivity contribution in [3.63, 3.8) is 0 Å². The van der Waals surface area contributed by atoms with Crippen LogP contribution in [0.15, 0.2) is 82.8 Å². The number of anilines is 1. The van der Waals surface area contributed by atoms with E-state index in [1.165, 1.54) is 18.3 Å². The largest absolute Gasteiger partial charge is 0.484 e. The standard InChI is InChI=1S/C31H36N4O6S/c1-3-25-7-4-5-9-29(25)35(42(38,39)28-16-10-23(2)11-17-28)21-30(36)34-33-19-24-12-14-26(15-13-24)41-22-31(37)32-20-27-8-6-18-40-27/h4-5,7,9-17,19,27H,3,6,8,18,20-22H2,1-2H3,(H,32,37)(H,34,36)/b33-19-/t27-/m1/s1. The van der Waals surface area contributed by atoms with Gasteiger partial charge >= 0.3 is 0 Å². The molecule has 4 rings (SSSR count). The second-order valence-corrected chi connectivity index (χ2v) is 11.8. The average molecular weight is 593 g/mol. The zero-order valence-electron chi connectivity index (χ0n) is 23.8. The number of hydrogen-bond donors (Lipinski definition) is 2. The molecular formula is C31H36N4O6S. The number of sulfonamides is 1. The lowest BCUT2D eigenvalue weighted by Crippen LogP contribution is -2.40. The molecule has 1 atom stereocenters. The Labute approximate surface area is 246 Å². The maximum absolute atomic E-state index is 13.6. The molecule has 1 aliphatic rings. The summed E-state index contributed by atoms with van der Waals surface area (Å²) >= 11 is 0. The van der Waals surface area contributed by atoms with Crippen LogP contribution in [0.4, 0.5) is 5.69 Å². The Bertz CT molecular complexity index is 1480. The van der Waals surface area contributed by atoms with Crippen molar-refractivity contribution in [3.05, 3.63) is 89.5 Å². The molecule has 0 unspecified atom stereocenters. The number of carbonyl (C=O) groups excluding carboxylic acids is 2. The molecular weight excluding hydrogens is 556 g/mol. The second kappa shape index (κ2) is 14.6. The summed E-state index contributed by atoms with van der Waals surface area (Å²) in [6.07, 6.45) is 4.06. The second-order valence-electron chi connectivity index (χ2n) is 9.90. The zero-order chi connectivity index (χ0) is 30.0. The first-order valence-electron chi connectivity index (χ1n) is 13.9. The van der Waals surface area contributed by atoms with Crippen LogP contribution in [0.5, 0.6) is 5.75 Å². The number of benzene rings is 3. The fourth-order valence-corrected chi connectivity index (χ4v) is 5.88. The molecule has 1 aliphatic heterocycles. The van der Waals surface area contributed by atoms with E-state index in [1.807, 2.05) is 26.0 Å². The molecule has 1 saturated heterocycles. The molecule has 10 nitrogen and oxygen atoms in total. The summed E-state index contributed by atoms with van der Waals surface area (Å²) in [5.74, 6) is -0.310. The average Bonchev–Trinajstić information content (AvgIpc) is 3.52. The predicted octanol–water partition coefficient (Wildman–Crippen LogP) is 3.58. The summed E-state index contributed by atoms with van der Waals surface area (Å²) in [4.78, 5) is 25.0. The maximum Gasteiger partial charge on any atom is 0.264 e. The van der Waals surface area contributed by atoms with Gasteiger partial charge in [0, 0.05) is 13.2 Å². The molecule has 0 saturated carbocycles. The summed E-state index contributed by atoms with van der Waals surface area (Å²) < 4.78 is 39.4. The lowest BCUT2D eigenvalue weighted by atomic mass is 10.1. The summed E-state index contributed by atoms with van der Waals surface area (Å²) in [5, 5.41) is 6.80. The fraction of sp³-hybridized carbons (Fsp3) is 0.323. The van der Waals surface area contributed by atoms with Gasteiger partial charge in [-0.1, -0.05) is 42.8 Å². The van der Waals surface area contributed by atoms with Crippen molar-refractivity contribution in [1.82, 2.24) is 10.7 Å². The van der Waals surface area contributed by atoms with Crippen LogP contribution in [0.3, 0.4) is 0 Å². The van der Waals surface area contributed by atoms with E-state index in [9.17, 15) is 18.0 Å². The van der Waals surface area contributed by atoms with E-state index in [4.69, 9.17) is 9.47 Å². The molecule has 1 heterocycles. The number of carbonyl (C=O) groups is 2. The zero-order valence-corrected chi connectivity index (χ0v) is 24.6. The molecule has 0 aliphatic carbocycles. The topological polar surface area (TPSA) is 126 Å². The molecule has 3 aromatic rings. The van der Waals surface area contributed by atoms with Crippen LogP contribution in [-0.2, 0) is 30.8 Å². The number of nitrogens with one attached hydrogen (secondary N) is 2. The van der Waals surface area contributed by atoms with Gasteiger partial charge in [0.05, 0.1) is 22.9 Å². The van der Waals surface area contributed by atoms with E-state index in [2.05, 4.69) is 15.8 Å². The SMILES string of the molecule is CCc1ccccc1N(CC(=O)N/N=C\c1ccc(OCC(=O)NC[C@H]2CCCO2)cc1)S(=O)(=O)c1ccc(C)cc1. The third-order valence-corrected chi connectivity index (χ3v) is 8.52. The van der Waals surface area contributed by atoms with E-state index < -0.39 is 22.5 Å². The molecule has 222 valence electrons. The van der Waals surface area contributed by atoms with Crippen molar-refractivity contribution in [2.24, 2.45) is 5.10 Å². The van der Waals surface area contributed by atoms with E-state index in [1.54, 1.807) is 48.5 Å². The number of hydrazone groups is 1. The molecule has 3 aromatic carbocycles. The molecule has 2 amide bonds. The van der Waals surface area contributed by atoms with Crippen molar-refractivity contribution in [1.29, 1.82) is 0 Å². The monoisotopic (exact) mass is 592 g/mol. The Morgan fingerprint density at radius 2 is 1.79 bits per heavy atom. The normalized spacial score (nSPS) is 15.0. The minimum atomic E-state index is -4.03. The third-order valence-electron chi connectivity index (χ3n) is 6.74. The highest BCUT2D eigenvalue weighted by molar-refractivity contribution is 7.92. The summed E-state index contributed by atoms with van der Waals surface area (Å²) in [5.41, 5.74) is 5.26. The van der Waals surface area contributed by atoms with E-state index in [0.29, 0.717) is 30.0 Å². The molecule has 1 fully saturated rings. The fourth-order valence-electron chi connectivity index (χ4n) is 4.42. The van der Waals surface area contributed by atoms with Crippen LogP contribution in [0, 0.1) is 6.92 Å². The minimum absolute atomic E-state index is 0.0702. The van der Waals surface area contributed by atoms with Crippen LogP contribution >= 0.6 is 0 Å². The molecule has 11 heteroatoms. The van der Waals surface area contributed by atoms with Gasteiger partial charge in [0.1, 0.15) is 12.3 Å². The Morgan fingerprint density at radius 3 is 2.48 bits per heavy atom. The number of amides is 2. The molecule has 0 bridgehead atoms. The van der Waals surface area contributed by atoms with E-state index in [-0.39, 0.29) is 23.5 Å². The first kappa shape index (κ1) is 30.7.